The van der Waals surface area contributed by atoms with Gasteiger partial charge in [0.2, 0.25) is 5.91 Å². The number of benzene rings is 1. The van der Waals surface area contributed by atoms with E-state index < -0.39 is 27.0 Å². The van der Waals surface area contributed by atoms with Crippen LogP contribution in [0.5, 0.6) is 0 Å². The van der Waals surface area contributed by atoms with Crippen molar-refractivity contribution in [2.24, 2.45) is 0 Å². The summed E-state index contributed by atoms with van der Waals surface area (Å²) < 4.78 is 36.0. The minimum absolute atomic E-state index is 0.0487. The van der Waals surface area contributed by atoms with Crippen LogP contribution in [0.2, 0.25) is 0 Å². The first kappa shape index (κ1) is 11.3. The van der Waals surface area contributed by atoms with E-state index >= 15 is 0 Å². The van der Waals surface area contributed by atoms with E-state index in [1.807, 2.05) is 0 Å². The lowest BCUT2D eigenvalue weighted by molar-refractivity contribution is -0.137. The molecule has 1 aromatic carbocycles. The van der Waals surface area contributed by atoms with Crippen molar-refractivity contribution in [2.45, 2.75) is 12.5 Å². The second-order valence-corrected chi connectivity index (χ2v) is 5.76. The second-order valence-electron chi connectivity index (χ2n) is 3.37. The molecule has 0 bridgehead atoms. The predicted molar refractivity (Wildman–Crippen MR) is 55.4 cm³/mol. The van der Waals surface area contributed by atoms with Gasteiger partial charge in [-0.1, -0.05) is 18.2 Å². The molecule has 16 heavy (non-hydrogen) atoms. The SMILES string of the molecule is O=C1CC(c2ccccc2F)N1S(=O)(=O)Cl. The molecule has 1 aromatic rings. The third-order valence-electron chi connectivity index (χ3n) is 2.40. The van der Waals surface area contributed by atoms with Crippen LogP contribution in [0.1, 0.15) is 18.0 Å². The number of β-lactam (4-membered cyclic amide) rings is 1. The number of rotatable bonds is 2. The molecule has 1 fully saturated rings. The Morgan fingerprint density at radius 2 is 2.00 bits per heavy atom. The first-order valence-corrected chi connectivity index (χ1v) is 6.69. The summed E-state index contributed by atoms with van der Waals surface area (Å²) in [6.07, 6.45) is -0.0487. The van der Waals surface area contributed by atoms with Gasteiger partial charge in [0.25, 0.3) is 0 Å². The fourth-order valence-corrected chi connectivity index (χ4v) is 2.98. The summed E-state index contributed by atoms with van der Waals surface area (Å²) in [5.41, 5.74) is 0.159. The average molecular weight is 264 g/mol. The molecule has 0 aliphatic carbocycles. The quantitative estimate of drug-likeness (QED) is 0.601. The van der Waals surface area contributed by atoms with Crippen LogP contribution in [0.25, 0.3) is 0 Å². The molecule has 4 nitrogen and oxygen atoms in total. The lowest BCUT2D eigenvalue weighted by Crippen LogP contribution is -2.48. The molecule has 1 aliphatic rings. The maximum atomic E-state index is 13.4. The number of hydrogen-bond donors (Lipinski definition) is 0. The maximum absolute atomic E-state index is 13.4. The Bertz CT molecular complexity index is 545. The highest BCUT2D eigenvalue weighted by Gasteiger charge is 2.45. The van der Waals surface area contributed by atoms with Gasteiger partial charge in [-0.15, -0.1) is 0 Å². The highest BCUT2D eigenvalue weighted by molar-refractivity contribution is 8.12. The van der Waals surface area contributed by atoms with E-state index in [9.17, 15) is 17.6 Å². The molecule has 1 heterocycles. The molecular weight excluding hydrogens is 257 g/mol. The molecular formula is C9H7ClFNO3S. The van der Waals surface area contributed by atoms with Gasteiger partial charge in [0, 0.05) is 16.2 Å². The van der Waals surface area contributed by atoms with Crippen molar-refractivity contribution in [1.29, 1.82) is 0 Å². The molecule has 7 heteroatoms. The summed E-state index contributed by atoms with van der Waals surface area (Å²) >= 11 is 0. The number of carbonyl (C=O) groups is 1. The Morgan fingerprint density at radius 3 is 2.50 bits per heavy atom. The third-order valence-corrected chi connectivity index (χ3v) is 3.77. The standard InChI is InChI=1S/C9H7ClFNO3S/c10-16(14,15)12-8(5-9(12)13)6-3-1-2-4-7(6)11/h1-4,8H,5H2. The Balaban J connectivity index is 2.38. The Morgan fingerprint density at radius 1 is 1.38 bits per heavy atom. The van der Waals surface area contributed by atoms with Gasteiger partial charge in [-0.25, -0.2) is 8.70 Å². The van der Waals surface area contributed by atoms with Crippen LogP contribution in [-0.4, -0.2) is 18.6 Å². The van der Waals surface area contributed by atoms with Crippen LogP contribution < -0.4 is 0 Å². The fourth-order valence-electron chi connectivity index (χ4n) is 1.65. The molecule has 0 N–H and O–H groups in total. The molecule has 0 spiro atoms. The second kappa shape index (κ2) is 3.71. The molecule has 1 atom stereocenters. The molecule has 1 aliphatic heterocycles. The van der Waals surface area contributed by atoms with Gasteiger partial charge in [0.1, 0.15) is 5.82 Å². The summed E-state index contributed by atoms with van der Waals surface area (Å²) in [6.45, 7) is 0. The smallest absolute Gasteiger partial charge is 0.274 e. The van der Waals surface area contributed by atoms with Gasteiger partial charge in [-0.3, -0.25) is 4.79 Å². The summed E-state index contributed by atoms with van der Waals surface area (Å²) in [4.78, 5) is 11.1. The maximum Gasteiger partial charge on any atom is 0.324 e. The van der Waals surface area contributed by atoms with Crippen molar-refractivity contribution < 1.29 is 17.6 Å². The number of amides is 1. The van der Waals surface area contributed by atoms with Crippen molar-refractivity contribution >= 4 is 25.8 Å². The summed E-state index contributed by atoms with van der Waals surface area (Å²) in [7, 11) is 0.942. The third kappa shape index (κ3) is 1.78. The molecule has 86 valence electrons. The summed E-state index contributed by atoms with van der Waals surface area (Å²) in [5, 5.41) is 0. The van der Waals surface area contributed by atoms with Gasteiger partial charge in [-0.05, 0) is 6.07 Å². The van der Waals surface area contributed by atoms with Gasteiger partial charge in [0.15, 0.2) is 0 Å². The van der Waals surface area contributed by atoms with Crippen molar-refractivity contribution in [3.05, 3.63) is 35.6 Å². The zero-order valence-electron chi connectivity index (χ0n) is 7.93. The number of nitrogens with zero attached hydrogens (tertiary/aromatic N) is 1. The van der Waals surface area contributed by atoms with Crippen molar-refractivity contribution in [1.82, 2.24) is 4.31 Å². The molecule has 2 rings (SSSR count). The summed E-state index contributed by atoms with van der Waals surface area (Å²) in [6, 6.07) is 4.87. The topological polar surface area (TPSA) is 54.5 Å². The normalized spacial score (nSPS) is 20.8. The predicted octanol–water partition coefficient (Wildman–Crippen LogP) is 1.58. The van der Waals surface area contributed by atoms with E-state index in [0.717, 1.165) is 0 Å². The first-order chi connectivity index (χ1) is 7.41. The average Bonchev–Trinajstić information content (AvgIpc) is 2.12. The highest BCUT2D eigenvalue weighted by atomic mass is 35.7. The van der Waals surface area contributed by atoms with E-state index in [2.05, 4.69) is 0 Å². The van der Waals surface area contributed by atoms with Gasteiger partial charge < -0.3 is 0 Å². The number of carbonyl (C=O) groups excluding carboxylic acids is 1. The highest BCUT2D eigenvalue weighted by Crippen LogP contribution is 2.38. The van der Waals surface area contributed by atoms with Crippen LogP contribution in [0.3, 0.4) is 0 Å². The zero-order chi connectivity index (χ0) is 11.9. The largest absolute Gasteiger partial charge is 0.324 e. The lowest BCUT2D eigenvalue weighted by Gasteiger charge is -2.37. The number of hydrogen-bond acceptors (Lipinski definition) is 3. The lowest BCUT2D eigenvalue weighted by atomic mass is 9.97. The molecule has 0 radical (unpaired) electrons. The van der Waals surface area contributed by atoms with Gasteiger partial charge in [0.05, 0.1) is 12.5 Å². The monoisotopic (exact) mass is 263 g/mol. The molecule has 1 amide bonds. The van der Waals surface area contributed by atoms with E-state index in [1.165, 1.54) is 18.2 Å². The molecule has 1 unspecified atom stereocenters. The summed E-state index contributed by atoms with van der Waals surface area (Å²) in [5.74, 6) is -1.17. The van der Waals surface area contributed by atoms with E-state index in [4.69, 9.17) is 10.7 Å². The minimum atomic E-state index is -4.14. The van der Waals surface area contributed by atoms with E-state index in [-0.39, 0.29) is 12.0 Å². The number of halogens is 2. The van der Waals surface area contributed by atoms with Crippen molar-refractivity contribution in [3.63, 3.8) is 0 Å². The van der Waals surface area contributed by atoms with Crippen LogP contribution >= 0.6 is 10.7 Å². The van der Waals surface area contributed by atoms with Crippen LogP contribution in [-0.2, 0) is 14.0 Å². The first-order valence-electron chi connectivity index (χ1n) is 4.42. The van der Waals surface area contributed by atoms with Gasteiger partial charge in [-0.2, -0.15) is 8.42 Å². The Kier molecular flexibility index (Phi) is 2.63. The van der Waals surface area contributed by atoms with E-state index in [1.54, 1.807) is 6.07 Å². The van der Waals surface area contributed by atoms with Crippen LogP contribution in [0, 0.1) is 5.82 Å². The van der Waals surface area contributed by atoms with E-state index in [0.29, 0.717) is 4.31 Å². The molecule has 0 aromatic heterocycles. The minimum Gasteiger partial charge on any atom is -0.274 e. The van der Waals surface area contributed by atoms with Gasteiger partial charge >= 0.3 is 9.24 Å². The zero-order valence-corrected chi connectivity index (χ0v) is 9.50. The molecule has 1 saturated heterocycles. The Hall–Kier alpha value is -1.14. The molecule has 0 saturated carbocycles. The van der Waals surface area contributed by atoms with Crippen LogP contribution in [0.15, 0.2) is 24.3 Å². The fraction of sp³-hybridized carbons (Fsp3) is 0.222. The van der Waals surface area contributed by atoms with Crippen molar-refractivity contribution in [3.8, 4) is 0 Å². The Labute approximate surface area is 96.2 Å². The van der Waals surface area contributed by atoms with Crippen LogP contribution in [0.4, 0.5) is 4.39 Å². The van der Waals surface area contributed by atoms with Crippen molar-refractivity contribution in [2.75, 3.05) is 0 Å².